The summed E-state index contributed by atoms with van der Waals surface area (Å²) in [7, 11) is 0. The molecule has 1 fully saturated rings. The lowest BCUT2D eigenvalue weighted by molar-refractivity contribution is -0.123. The molecule has 1 saturated carbocycles. The maximum absolute atomic E-state index is 13.2. The van der Waals surface area contributed by atoms with E-state index in [1.54, 1.807) is 24.5 Å². The fraction of sp³-hybridized carbons (Fsp3) is 0.267. The van der Waals surface area contributed by atoms with Crippen molar-refractivity contribution in [3.63, 3.8) is 0 Å². The van der Waals surface area contributed by atoms with E-state index in [4.69, 9.17) is 9.15 Å². The summed E-state index contributed by atoms with van der Waals surface area (Å²) in [6.07, 6.45) is 1.42. The summed E-state index contributed by atoms with van der Waals surface area (Å²) in [5, 5.41) is 2.81. The predicted octanol–water partition coefficient (Wildman–Crippen LogP) is 2.21. The number of hydrogen-bond donors (Lipinski definition) is 1. The van der Waals surface area contributed by atoms with Crippen molar-refractivity contribution in [2.45, 2.75) is 18.6 Å². The highest BCUT2D eigenvalue weighted by Gasteiger charge is 2.62. The van der Waals surface area contributed by atoms with E-state index < -0.39 is 0 Å². The third-order valence-corrected chi connectivity index (χ3v) is 3.87. The van der Waals surface area contributed by atoms with E-state index in [-0.39, 0.29) is 29.7 Å². The van der Waals surface area contributed by atoms with Gasteiger partial charge in [0.25, 0.3) is 0 Å². The standard InChI is InChI=1S/C15H12FNO3/c16-8-3-4-11-10(6-8)12-13(14(12)20-11)15(18)17-7-9-2-1-5-19-9/h1-6,12-14H,7H2,(H,17,18). The molecular weight excluding hydrogens is 261 g/mol. The Morgan fingerprint density at radius 1 is 1.35 bits per heavy atom. The minimum atomic E-state index is -0.297. The molecule has 3 atom stereocenters. The van der Waals surface area contributed by atoms with Gasteiger partial charge >= 0.3 is 0 Å². The summed E-state index contributed by atoms with van der Waals surface area (Å²) in [5.41, 5.74) is 0.799. The number of halogens is 1. The van der Waals surface area contributed by atoms with E-state index >= 15 is 0 Å². The summed E-state index contributed by atoms with van der Waals surface area (Å²) >= 11 is 0. The molecule has 1 N–H and O–H groups in total. The minimum absolute atomic E-state index is 0.0164. The van der Waals surface area contributed by atoms with Crippen molar-refractivity contribution < 1.29 is 18.3 Å². The number of benzene rings is 1. The van der Waals surface area contributed by atoms with Gasteiger partial charge in [-0.25, -0.2) is 4.39 Å². The van der Waals surface area contributed by atoms with Crippen LogP contribution in [0.25, 0.3) is 0 Å². The molecule has 4 nitrogen and oxygen atoms in total. The van der Waals surface area contributed by atoms with Crippen LogP contribution in [0.15, 0.2) is 41.0 Å². The van der Waals surface area contributed by atoms with Gasteiger partial charge in [-0.1, -0.05) is 0 Å². The Kier molecular flexibility index (Phi) is 2.36. The molecule has 0 radical (unpaired) electrons. The van der Waals surface area contributed by atoms with Crippen LogP contribution >= 0.6 is 0 Å². The van der Waals surface area contributed by atoms with Crippen LogP contribution in [-0.4, -0.2) is 12.0 Å². The molecule has 1 aromatic heterocycles. The quantitative estimate of drug-likeness (QED) is 0.932. The Bertz CT molecular complexity index is 668. The summed E-state index contributed by atoms with van der Waals surface area (Å²) in [5.74, 6) is 0.783. The molecule has 0 saturated heterocycles. The van der Waals surface area contributed by atoms with Crippen molar-refractivity contribution in [3.8, 4) is 5.75 Å². The zero-order valence-electron chi connectivity index (χ0n) is 10.5. The van der Waals surface area contributed by atoms with Gasteiger partial charge in [-0.3, -0.25) is 4.79 Å². The zero-order valence-corrected chi connectivity index (χ0v) is 10.5. The van der Waals surface area contributed by atoms with Crippen molar-refractivity contribution in [2.24, 2.45) is 5.92 Å². The fourth-order valence-corrected chi connectivity index (χ4v) is 2.85. The summed E-state index contributed by atoms with van der Waals surface area (Å²) in [6.45, 7) is 0.359. The second kappa shape index (κ2) is 4.10. The monoisotopic (exact) mass is 273 g/mol. The molecule has 1 aliphatic heterocycles. The van der Waals surface area contributed by atoms with Crippen LogP contribution in [0.3, 0.4) is 0 Å². The van der Waals surface area contributed by atoms with Crippen LogP contribution in [0.5, 0.6) is 5.75 Å². The highest BCUT2D eigenvalue weighted by molar-refractivity contribution is 5.85. The van der Waals surface area contributed by atoms with Crippen molar-refractivity contribution in [1.82, 2.24) is 5.32 Å². The highest BCUT2D eigenvalue weighted by atomic mass is 19.1. The van der Waals surface area contributed by atoms with Gasteiger partial charge in [0, 0.05) is 11.5 Å². The number of hydrogen-bond acceptors (Lipinski definition) is 3. The molecule has 5 heteroatoms. The molecule has 20 heavy (non-hydrogen) atoms. The summed E-state index contributed by atoms with van der Waals surface area (Å²) in [4.78, 5) is 12.1. The van der Waals surface area contributed by atoms with Crippen LogP contribution in [0.1, 0.15) is 17.2 Å². The molecule has 3 unspecified atom stereocenters. The number of carbonyl (C=O) groups excluding carboxylic acids is 1. The Morgan fingerprint density at radius 3 is 3.05 bits per heavy atom. The molecule has 0 spiro atoms. The number of carbonyl (C=O) groups is 1. The van der Waals surface area contributed by atoms with Crippen molar-refractivity contribution in [2.75, 3.05) is 0 Å². The number of amides is 1. The lowest BCUT2D eigenvalue weighted by Gasteiger charge is -2.08. The van der Waals surface area contributed by atoms with Crippen LogP contribution in [0.4, 0.5) is 4.39 Å². The van der Waals surface area contributed by atoms with Gasteiger partial charge < -0.3 is 14.5 Å². The number of ether oxygens (including phenoxy) is 1. The molecule has 2 heterocycles. The molecule has 2 aliphatic rings. The third kappa shape index (κ3) is 1.70. The van der Waals surface area contributed by atoms with Crippen LogP contribution in [0.2, 0.25) is 0 Å². The van der Waals surface area contributed by atoms with Crippen molar-refractivity contribution in [1.29, 1.82) is 0 Å². The van der Waals surface area contributed by atoms with Gasteiger partial charge in [0.1, 0.15) is 23.4 Å². The summed E-state index contributed by atoms with van der Waals surface area (Å²) in [6, 6.07) is 8.02. The van der Waals surface area contributed by atoms with Gasteiger partial charge in [-0.05, 0) is 30.3 Å². The molecular formula is C15H12FNO3. The number of fused-ring (bicyclic) bond motifs is 3. The third-order valence-electron chi connectivity index (χ3n) is 3.87. The normalized spacial score (nSPS) is 25.6. The maximum Gasteiger partial charge on any atom is 0.228 e. The largest absolute Gasteiger partial charge is 0.489 e. The number of rotatable bonds is 3. The average Bonchev–Trinajstić information content (AvgIpc) is 2.80. The van der Waals surface area contributed by atoms with Crippen LogP contribution in [0, 0.1) is 11.7 Å². The Balaban J connectivity index is 1.44. The molecule has 2 aromatic rings. The molecule has 1 aliphatic carbocycles. The van der Waals surface area contributed by atoms with Gasteiger partial charge in [0.2, 0.25) is 5.91 Å². The lowest BCUT2D eigenvalue weighted by atomic mass is 10.1. The first-order chi connectivity index (χ1) is 9.74. The second-order valence-electron chi connectivity index (χ2n) is 5.11. The minimum Gasteiger partial charge on any atom is -0.489 e. The van der Waals surface area contributed by atoms with Crippen molar-refractivity contribution >= 4 is 5.91 Å². The fourth-order valence-electron chi connectivity index (χ4n) is 2.85. The smallest absolute Gasteiger partial charge is 0.228 e. The molecule has 1 amide bonds. The van der Waals surface area contributed by atoms with Gasteiger partial charge in [-0.2, -0.15) is 0 Å². The maximum atomic E-state index is 13.2. The zero-order chi connectivity index (χ0) is 13.7. The Labute approximate surface area is 114 Å². The van der Waals surface area contributed by atoms with E-state index in [1.807, 2.05) is 0 Å². The topological polar surface area (TPSA) is 51.5 Å². The Morgan fingerprint density at radius 2 is 2.25 bits per heavy atom. The predicted molar refractivity (Wildman–Crippen MR) is 67.6 cm³/mol. The molecule has 1 aromatic carbocycles. The van der Waals surface area contributed by atoms with E-state index in [0.717, 1.165) is 5.56 Å². The number of nitrogens with one attached hydrogen (secondary N) is 1. The van der Waals surface area contributed by atoms with Crippen LogP contribution in [-0.2, 0) is 11.3 Å². The van der Waals surface area contributed by atoms with Gasteiger partial charge in [0.15, 0.2) is 0 Å². The Hall–Kier alpha value is -2.30. The molecule has 0 bridgehead atoms. The second-order valence-corrected chi connectivity index (χ2v) is 5.11. The highest BCUT2D eigenvalue weighted by Crippen LogP contribution is 2.58. The first-order valence-corrected chi connectivity index (χ1v) is 6.50. The van der Waals surface area contributed by atoms with Crippen molar-refractivity contribution in [3.05, 3.63) is 53.7 Å². The molecule has 4 rings (SSSR count). The summed E-state index contributed by atoms with van der Waals surface area (Å²) < 4.78 is 24.1. The van der Waals surface area contributed by atoms with E-state index in [1.165, 1.54) is 12.1 Å². The van der Waals surface area contributed by atoms with Gasteiger partial charge in [-0.15, -0.1) is 0 Å². The SMILES string of the molecule is O=C(NCc1ccco1)C1C2Oc3ccc(F)cc3C21. The first kappa shape index (κ1) is 11.5. The number of furan rings is 1. The van der Waals surface area contributed by atoms with E-state index in [2.05, 4.69) is 5.32 Å². The lowest BCUT2D eigenvalue weighted by Crippen LogP contribution is -2.27. The van der Waals surface area contributed by atoms with Gasteiger partial charge in [0.05, 0.1) is 18.7 Å². The molecule has 102 valence electrons. The van der Waals surface area contributed by atoms with E-state index in [0.29, 0.717) is 18.1 Å². The average molecular weight is 273 g/mol. The van der Waals surface area contributed by atoms with E-state index in [9.17, 15) is 9.18 Å². The first-order valence-electron chi connectivity index (χ1n) is 6.50. The van der Waals surface area contributed by atoms with Crippen LogP contribution < -0.4 is 10.1 Å².